The number of carbonyl (C=O) groups is 3. The summed E-state index contributed by atoms with van der Waals surface area (Å²) in [5, 5.41) is 2.79. The Kier molecular flexibility index (Phi) is 8.40. The first-order valence-corrected chi connectivity index (χ1v) is 11.0. The highest BCUT2D eigenvalue weighted by Gasteiger charge is 2.37. The summed E-state index contributed by atoms with van der Waals surface area (Å²) in [7, 11) is 3.09. The first-order valence-electron chi connectivity index (χ1n) is 11.0. The predicted molar refractivity (Wildman–Crippen MR) is 119 cm³/mol. The Labute approximate surface area is 193 Å². The largest absolute Gasteiger partial charge is 0.463 e. The number of halogens is 1. The molecule has 10 heteroatoms. The molecule has 0 radical (unpaired) electrons. The van der Waals surface area contributed by atoms with E-state index in [9.17, 15) is 18.8 Å². The number of hydrogen-bond donors (Lipinski definition) is 1. The minimum Gasteiger partial charge on any atom is -0.463 e. The van der Waals surface area contributed by atoms with Crippen molar-refractivity contribution < 1.29 is 28.2 Å². The second-order valence-electron chi connectivity index (χ2n) is 8.02. The average molecular weight is 463 g/mol. The molecule has 1 saturated heterocycles. The van der Waals surface area contributed by atoms with Crippen LogP contribution in [0.5, 0.6) is 0 Å². The van der Waals surface area contributed by atoms with E-state index >= 15 is 0 Å². The van der Waals surface area contributed by atoms with Crippen molar-refractivity contribution in [1.29, 1.82) is 0 Å². The van der Waals surface area contributed by atoms with E-state index in [1.165, 1.54) is 30.2 Å². The van der Waals surface area contributed by atoms with Gasteiger partial charge in [0, 0.05) is 52.6 Å². The summed E-state index contributed by atoms with van der Waals surface area (Å²) in [5.74, 6) is -1.08. The zero-order valence-corrected chi connectivity index (χ0v) is 19.3. The fourth-order valence-corrected chi connectivity index (χ4v) is 4.14. The highest BCUT2D eigenvalue weighted by molar-refractivity contribution is 5.95. The highest BCUT2D eigenvalue weighted by atomic mass is 19.1. The third kappa shape index (κ3) is 5.88. The molecule has 0 saturated carbocycles. The van der Waals surface area contributed by atoms with Crippen molar-refractivity contribution in [1.82, 2.24) is 20.0 Å². The van der Waals surface area contributed by atoms with Gasteiger partial charge in [-0.3, -0.25) is 14.6 Å². The number of amides is 3. The molecule has 1 N–H and O–H groups in total. The monoisotopic (exact) mass is 462 g/mol. The van der Waals surface area contributed by atoms with Crippen LogP contribution in [0.25, 0.3) is 0 Å². The number of carbonyl (C=O) groups excluding carboxylic acids is 3. The Morgan fingerprint density at radius 2 is 2.00 bits per heavy atom. The summed E-state index contributed by atoms with van der Waals surface area (Å²) in [5.41, 5.74) is 1.24. The van der Waals surface area contributed by atoms with Crippen molar-refractivity contribution in [3.63, 3.8) is 0 Å². The quantitative estimate of drug-likeness (QED) is 0.618. The van der Waals surface area contributed by atoms with E-state index in [1.54, 1.807) is 24.9 Å². The number of nitrogens with one attached hydrogen (secondary N) is 1. The number of benzene rings is 1. The van der Waals surface area contributed by atoms with Crippen LogP contribution in [0.1, 0.15) is 24.9 Å². The summed E-state index contributed by atoms with van der Waals surface area (Å²) in [6.07, 6.45) is 0.751. The van der Waals surface area contributed by atoms with Gasteiger partial charge in [0.2, 0.25) is 5.91 Å². The van der Waals surface area contributed by atoms with Crippen LogP contribution in [0.15, 0.2) is 35.5 Å². The minimum absolute atomic E-state index is 0.0381. The summed E-state index contributed by atoms with van der Waals surface area (Å²) in [6.45, 7) is 4.64. The van der Waals surface area contributed by atoms with Gasteiger partial charge >= 0.3 is 12.0 Å². The smallest absolute Gasteiger partial charge is 0.338 e. The van der Waals surface area contributed by atoms with E-state index in [-0.39, 0.29) is 30.7 Å². The van der Waals surface area contributed by atoms with Gasteiger partial charge in [0.15, 0.2) is 0 Å². The van der Waals surface area contributed by atoms with Crippen LogP contribution in [-0.4, -0.2) is 92.7 Å². The predicted octanol–water partition coefficient (Wildman–Crippen LogP) is 1.52. The zero-order valence-electron chi connectivity index (χ0n) is 19.3. The lowest BCUT2D eigenvalue weighted by Crippen LogP contribution is -2.49. The van der Waals surface area contributed by atoms with Crippen LogP contribution < -0.4 is 5.32 Å². The summed E-state index contributed by atoms with van der Waals surface area (Å²) in [4.78, 5) is 43.3. The number of likely N-dealkylation sites (N-methyl/N-ethyl adjacent to an activating group) is 1. The second-order valence-corrected chi connectivity index (χ2v) is 8.02. The van der Waals surface area contributed by atoms with Crippen molar-refractivity contribution >= 4 is 17.9 Å². The van der Waals surface area contributed by atoms with Gasteiger partial charge < -0.3 is 19.7 Å². The van der Waals surface area contributed by atoms with Crippen LogP contribution >= 0.6 is 0 Å². The number of urea groups is 1. The molecule has 33 heavy (non-hydrogen) atoms. The lowest BCUT2D eigenvalue weighted by atomic mass is 9.94. The van der Waals surface area contributed by atoms with E-state index < -0.39 is 17.8 Å². The van der Waals surface area contributed by atoms with Gasteiger partial charge in [0.05, 0.1) is 18.2 Å². The van der Waals surface area contributed by atoms with Crippen LogP contribution in [0, 0.1) is 5.82 Å². The maximum Gasteiger partial charge on any atom is 0.338 e. The van der Waals surface area contributed by atoms with Crippen LogP contribution in [0.2, 0.25) is 0 Å². The first kappa shape index (κ1) is 24.7. The third-order valence-electron chi connectivity index (χ3n) is 5.84. The van der Waals surface area contributed by atoms with Gasteiger partial charge in [-0.1, -0.05) is 12.1 Å². The Hall–Kier alpha value is -2.98. The molecule has 1 fully saturated rings. The number of ether oxygens (including phenoxy) is 2. The molecular formula is C23H31FN4O5. The summed E-state index contributed by atoms with van der Waals surface area (Å²) < 4.78 is 24.2. The molecule has 180 valence electrons. The lowest BCUT2D eigenvalue weighted by molar-refractivity contribution is -0.139. The number of hydrogen-bond acceptors (Lipinski definition) is 6. The fraction of sp³-hybridized carbons (Fsp3) is 0.522. The van der Waals surface area contributed by atoms with Gasteiger partial charge in [0.25, 0.3) is 0 Å². The molecule has 0 spiro atoms. The minimum atomic E-state index is -0.829. The maximum atomic E-state index is 13.9. The van der Waals surface area contributed by atoms with Gasteiger partial charge in [-0.2, -0.15) is 0 Å². The van der Waals surface area contributed by atoms with Gasteiger partial charge in [-0.05, 0) is 31.0 Å². The normalized spacial score (nSPS) is 19.9. The van der Waals surface area contributed by atoms with E-state index in [2.05, 4.69) is 10.2 Å². The molecule has 2 aliphatic heterocycles. The number of nitrogens with zero attached hydrogens (tertiary/aromatic N) is 3. The zero-order chi connectivity index (χ0) is 24.0. The lowest BCUT2D eigenvalue weighted by Gasteiger charge is -2.36. The van der Waals surface area contributed by atoms with Gasteiger partial charge in [-0.25, -0.2) is 14.0 Å². The molecule has 1 aromatic carbocycles. The summed E-state index contributed by atoms with van der Waals surface area (Å²) >= 11 is 0. The van der Waals surface area contributed by atoms with Crippen LogP contribution in [0.4, 0.5) is 9.18 Å². The van der Waals surface area contributed by atoms with Crippen molar-refractivity contribution in [2.24, 2.45) is 0 Å². The molecular weight excluding hydrogens is 431 g/mol. The summed E-state index contributed by atoms with van der Waals surface area (Å²) in [6, 6.07) is 4.60. The number of methoxy groups -OCH3 is 1. The Morgan fingerprint density at radius 3 is 2.70 bits per heavy atom. The van der Waals surface area contributed by atoms with E-state index in [1.807, 2.05) is 0 Å². The van der Waals surface area contributed by atoms with Crippen LogP contribution in [-0.2, 0) is 19.1 Å². The maximum absolute atomic E-state index is 13.9. The molecule has 2 heterocycles. The molecule has 3 rings (SSSR count). The highest BCUT2D eigenvalue weighted by Crippen LogP contribution is 2.31. The Bertz CT molecular complexity index is 922. The molecule has 1 unspecified atom stereocenters. The van der Waals surface area contributed by atoms with E-state index in [0.29, 0.717) is 44.0 Å². The third-order valence-corrected chi connectivity index (χ3v) is 5.84. The van der Waals surface area contributed by atoms with E-state index in [0.717, 1.165) is 6.42 Å². The molecule has 2 aliphatic rings. The number of rotatable bonds is 7. The molecule has 0 bridgehead atoms. The molecule has 1 aromatic rings. The van der Waals surface area contributed by atoms with Crippen LogP contribution in [0.3, 0.4) is 0 Å². The van der Waals surface area contributed by atoms with Gasteiger partial charge in [-0.15, -0.1) is 0 Å². The molecule has 0 aliphatic carbocycles. The topological polar surface area (TPSA) is 91.4 Å². The van der Waals surface area contributed by atoms with Gasteiger partial charge in [0.1, 0.15) is 12.4 Å². The van der Waals surface area contributed by atoms with Crippen molar-refractivity contribution in [3.05, 3.63) is 46.9 Å². The number of esters is 1. The first-order chi connectivity index (χ1) is 15.8. The van der Waals surface area contributed by atoms with E-state index in [4.69, 9.17) is 9.47 Å². The van der Waals surface area contributed by atoms with Crippen molar-refractivity contribution in [2.75, 3.05) is 60.1 Å². The standard InChI is InChI=1S/C23H31FN4O5/c1-4-33-22(30)20-18(14-27-9-6-10-28(12-11-27)19(29)15-32-3)26(2)23(31)25-21(20)16-7-5-8-17(24)13-16/h5,7-8,13,21H,4,6,9-12,14-15H2,1-3H3,(H,25,31). The Morgan fingerprint density at radius 1 is 1.21 bits per heavy atom. The Balaban J connectivity index is 1.92. The molecule has 9 nitrogen and oxygen atoms in total. The SMILES string of the molecule is CCOC(=O)C1=C(CN2CCCN(C(=O)COC)CC2)N(C)C(=O)NC1c1cccc(F)c1. The molecule has 3 amide bonds. The van der Waals surface area contributed by atoms with Crippen molar-refractivity contribution in [2.45, 2.75) is 19.4 Å². The molecule has 1 atom stereocenters. The fourth-order valence-electron chi connectivity index (χ4n) is 4.14. The average Bonchev–Trinajstić information content (AvgIpc) is 3.02. The molecule has 0 aromatic heterocycles. The second kappa shape index (κ2) is 11.2. The van der Waals surface area contributed by atoms with Crippen molar-refractivity contribution in [3.8, 4) is 0 Å².